The highest BCUT2D eigenvalue weighted by Gasteiger charge is 2.26. The molecule has 0 bridgehead atoms. The van der Waals surface area contributed by atoms with Gasteiger partial charge in [-0.25, -0.2) is 4.98 Å². The minimum absolute atomic E-state index is 0.0712. The van der Waals surface area contributed by atoms with E-state index in [1.165, 1.54) is 18.7 Å². The molecule has 0 N–H and O–H groups in total. The van der Waals surface area contributed by atoms with E-state index in [1.54, 1.807) is 16.7 Å². The van der Waals surface area contributed by atoms with Gasteiger partial charge in [-0.3, -0.25) is 14.2 Å². The van der Waals surface area contributed by atoms with Crippen LogP contribution in [-0.4, -0.2) is 21.3 Å². The van der Waals surface area contributed by atoms with Crippen molar-refractivity contribution in [1.82, 2.24) is 9.55 Å². The molecule has 0 amide bonds. The summed E-state index contributed by atoms with van der Waals surface area (Å²) in [5, 5.41) is 0.597. The molecular formula is C13H12N2O3S. The summed E-state index contributed by atoms with van der Waals surface area (Å²) in [6, 6.07) is 7.21. The molecular weight excluding hydrogens is 264 g/mol. The van der Waals surface area contributed by atoms with Gasteiger partial charge in [-0.2, -0.15) is 0 Å². The van der Waals surface area contributed by atoms with Crippen molar-refractivity contribution < 1.29 is 9.53 Å². The lowest BCUT2D eigenvalue weighted by Gasteiger charge is -2.25. The number of hydrogen-bond donors (Lipinski definition) is 0. The zero-order valence-corrected chi connectivity index (χ0v) is 11.1. The molecule has 0 saturated heterocycles. The molecule has 1 aromatic heterocycles. The van der Waals surface area contributed by atoms with Crippen LogP contribution in [0, 0.1) is 0 Å². The number of thioether (sulfide) groups is 1. The van der Waals surface area contributed by atoms with Gasteiger partial charge in [0, 0.05) is 19.2 Å². The van der Waals surface area contributed by atoms with Gasteiger partial charge in [0.15, 0.2) is 5.82 Å². The molecule has 1 aliphatic heterocycles. The molecule has 2 heterocycles. The Kier molecular flexibility index (Phi) is 3.02. The number of aromatic nitrogens is 2. The molecule has 98 valence electrons. The summed E-state index contributed by atoms with van der Waals surface area (Å²) in [6.45, 7) is 1.95. The first-order chi connectivity index (χ1) is 9.16. The molecule has 19 heavy (non-hydrogen) atoms. The smallest absolute Gasteiger partial charge is 0.304 e. The summed E-state index contributed by atoms with van der Waals surface area (Å²) in [5.74, 6) is 0.883. The molecule has 6 heteroatoms. The van der Waals surface area contributed by atoms with E-state index in [1.807, 2.05) is 12.1 Å². The quantitative estimate of drug-likeness (QED) is 0.742. The Hall–Kier alpha value is -1.82. The van der Waals surface area contributed by atoms with E-state index in [0.29, 0.717) is 23.3 Å². The van der Waals surface area contributed by atoms with E-state index in [2.05, 4.69) is 4.98 Å². The lowest BCUT2D eigenvalue weighted by Crippen LogP contribution is -2.31. The number of hydrogen-bond acceptors (Lipinski definition) is 5. The highest BCUT2D eigenvalue weighted by molar-refractivity contribution is 7.99. The van der Waals surface area contributed by atoms with Crippen LogP contribution in [0.5, 0.6) is 0 Å². The Balaban J connectivity index is 2.21. The van der Waals surface area contributed by atoms with Crippen molar-refractivity contribution in [3.05, 3.63) is 40.4 Å². The second-order valence-corrected chi connectivity index (χ2v) is 5.43. The lowest BCUT2D eigenvalue weighted by molar-refractivity contribution is -0.143. The highest BCUT2D eigenvalue weighted by Crippen LogP contribution is 2.32. The van der Waals surface area contributed by atoms with Gasteiger partial charge in [0.25, 0.3) is 5.56 Å². The molecule has 0 spiro atoms. The number of esters is 1. The minimum Gasteiger partial charge on any atom is -0.443 e. The zero-order chi connectivity index (χ0) is 13.4. The third-order valence-electron chi connectivity index (χ3n) is 2.96. The number of carbonyl (C=O) groups excluding carboxylic acids is 1. The molecule has 2 aromatic rings. The molecule has 0 aliphatic carbocycles. The largest absolute Gasteiger partial charge is 0.443 e. The van der Waals surface area contributed by atoms with Crippen molar-refractivity contribution >= 4 is 28.6 Å². The monoisotopic (exact) mass is 276 g/mol. The van der Waals surface area contributed by atoms with Crippen LogP contribution in [0.15, 0.2) is 29.1 Å². The molecule has 0 radical (unpaired) electrons. The van der Waals surface area contributed by atoms with Gasteiger partial charge in [0.2, 0.25) is 5.44 Å². The van der Waals surface area contributed by atoms with Gasteiger partial charge >= 0.3 is 5.97 Å². The first kappa shape index (κ1) is 12.2. The molecule has 1 unspecified atom stereocenters. The van der Waals surface area contributed by atoms with Gasteiger partial charge in [0.05, 0.1) is 10.9 Å². The topological polar surface area (TPSA) is 61.2 Å². The maximum Gasteiger partial charge on any atom is 0.304 e. The summed E-state index contributed by atoms with van der Waals surface area (Å²) < 4.78 is 6.83. The van der Waals surface area contributed by atoms with Gasteiger partial charge in [-0.15, -0.1) is 11.8 Å². The van der Waals surface area contributed by atoms with Crippen LogP contribution in [0.1, 0.15) is 18.2 Å². The van der Waals surface area contributed by atoms with Crippen LogP contribution in [0.2, 0.25) is 0 Å². The first-order valence-corrected chi connectivity index (χ1v) is 7.00. The maximum absolute atomic E-state index is 12.4. The van der Waals surface area contributed by atoms with Crippen LogP contribution >= 0.6 is 11.8 Å². The van der Waals surface area contributed by atoms with Crippen LogP contribution in [0.3, 0.4) is 0 Å². The number of nitrogens with zero attached hydrogens (tertiary/aromatic N) is 2. The minimum atomic E-state index is -0.497. The molecule has 5 nitrogen and oxygen atoms in total. The summed E-state index contributed by atoms with van der Waals surface area (Å²) in [4.78, 5) is 28.0. The number of carbonyl (C=O) groups is 1. The van der Waals surface area contributed by atoms with Crippen LogP contribution in [-0.2, 0) is 16.1 Å². The van der Waals surface area contributed by atoms with Gasteiger partial charge in [-0.05, 0) is 12.1 Å². The second kappa shape index (κ2) is 4.70. The number of ether oxygens (including phenoxy) is 1. The molecule has 1 atom stereocenters. The van der Waals surface area contributed by atoms with E-state index in [-0.39, 0.29) is 11.5 Å². The summed E-state index contributed by atoms with van der Waals surface area (Å²) >= 11 is 1.49. The first-order valence-electron chi connectivity index (χ1n) is 5.95. The van der Waals surface area contributed by atoms with Gasteiger partial charge in [0.1, 0.15) is 0 Å². The van der Waals surface area contributed by atoms with Crippen molar-refractivity contribution in [3.8, 4) is 0 Å². The number of benzene rings is 1. The highest BCUT2D eigenvalue weighted by atomic mass is 32.2. The average molecular weight is 276 g/mol. The number of rotatable bonds is 1. The summed E-state index contributed by atoms with van der Waals surface area (Å²) in [5.41, 5.74) is 0.0695. The van der Waals surface area contributed by atoms with E-state index >= 15 is 0 Å². The zero-order valence-electron chi connectivity index (χ0n) is 10.3. The Morgan fingerprint density at radius 1 is 1.47 bits per heavy atom. The average Bonchev–Trinajstić information content (AvgIpc) is 2.40. The van der Waals surface area contributed by atoms with Crippen molar-refractivity contribution in [1.29, 1.82) is 0 Å². The maximum atomic E-state index is 12.4. The summed E-state index contributed by atoms with van der Waals surface area (Å²) in [6.07, 6.45) is 0. The van der Waals surface area contributed by atoms with E-state index in [9.17, 15) is 9.59 Å². The lowest BCUT2D eigenvalue weighted by atomic mass is 10.2. The van der Waals surface area contributed by atoms with Gasteiger partial charge < -0.3 is 4.74 Å². The predicted octanol–water partition coefficient (Wildman–Crippen LogP) is 1.70. The predicted molar refractivity (Wildman–Crippen MR) is 73.0 cm³/mol. The standard InChI is InChI=1S/C13H12N2O3S/c1-8(16)18-13-11-14-10-5-3-2-4-9(10)12(17)15(11)6-7-19-13/h2-5,13H,6-7H2,1H3. The van der Waals surface area contributed by atoms with Crippen molar-refractivity contribution in [2.45, 2.75) is 18.9 Å². The normalized spacial score (nSPS) is 18.1. The van der Waals surface area contributed by atoms with E-state index in [0.717, 1.165) is 5.75 Å². The third-order valence-corrected chi connectivity index (χ3v) is 3.99. The Labute approximate surface area is 113 Å². The Bertz CT molecular complexity index is 711. The third kappa shape index (κ3) is 2.12. The fourth-order valence-electron chi connectivity index (χ4n) is 2.14. The molecule has 0 fully saturated rings. The fraction of sp³-hybridized carbons (Fsp3) is 0.308. The van der Waals surface area contributed by atoms with Crippen molar-refractivity contribution in [2.24, 2.45) is 0 Å². The number of para-hydroxylation sites is 1. The Morgan fingerprint density at radius 2 is 2.26 bits per heavy atom. The molecule has 1 aliphatic rings. The van der Waals surface area contributed by atoms with Crippen LogP contribution < -0.4 is 5.56 Å². The molecule has 0 saturated carbocycles. The molecule has 1 aromatic carbocycles. The fourth-order valence-corrected chi connectivity index (χ4v) is 3.18. The summed E-state index contributed by atoms with van der Waals surface area (Å²) in [7, 11) is 0. The van der Waals surface area contributed by atoms with Crippen molar-refractivity contribution in [3.63, 3.8) is 0 Å². The molecule has 3 rings (SSSR count). The van der Waals surface area contributed by atoms with Crippen molar-refractivity contribution in [2.75, 3.05) is 5.75 Å². The SMILES string of the molecule is CC(=O)OC1SCCn2c1nc1ccccc1c2=O. The van der Waals surface area contributed by atoms with Crippen LogP contribution in [0.25, 0.3) is 10.9 Å². The van der Waals surface area contributed by atoms with E-state index in [4.69, 9.17) is 4.74 Å². The number of fused-ring (bicyclic) bond motifs is 2. The van der Waals surface area contributed by atoms with Crippen LogP contribution in [0.4, 0.5) is 0 Å². The van der Waals surface area contributed by atoms with Gasteiger partial charge in [-0.1, -0.05) is 12.1 Å². The Morgan fingerprint density at radius 3 is 3.05 bits per heavy atom. The van der Waals surface area contributed by atoms with E-state index < -0.39 is 5.44 Å². The second-order valence-electron chi connectivity index (χ2n) is 4.26.